The first kappa shape index (κ1) is 11.9. The molecule has 1 aromatic heterocycles. The Morgan fingerprint density at radius 2 is 2.25 bits per heavy atom. The molecule has 1 aromatic carbocycles. The Labute approximate surface area is 121 Å². The number of thiazole rings is 1. The molecular formula is C15H15N3OS. The number of rotatable bonds is 1. The highest BCUT2D eigenvalue weighted by molar-refractivity contribution is 7.22. The molecule has 0 aliphatic carbocycles. The Morgan fingerprint density at radius 3 is 3.00 bits per heavy atom. The fraction of sp³-hybridized carbons (Fsp3) is 0.333. The molecule has 0 bridgehead atoms. The van der Waals surface area contributed by atoms with Crippen LogP contribution in [0.2, 0.25) is 0 Å². The van der Waals surface area contributed by atoms with E-state index >= 15 is 0 Å². The first-order valence-electron chi connectivity index (χ1n) is 6.76. The molecular weight excluding hydrogens is 270 g/mol. The van der Waals surface area contributed by atoms with E-state index in [-0.39, 0.29) is 11.3 Å². The molecule has 3 heterocycles. The van der Waals surface area contributed by atoms with Gasteiger partial charge in [-0.05, 0) is 18.6 Å². The van der Waals surface area contributed by atoms with Crippen molar-refractivity contribution >= 4 is 32.6 Å². The summed E-state index contributed by atoms with van der Waals surface area (Å²) in [7, 11) is 0. The van der Waals surface area contributed by atoms with Crippen LogP contribution in [0, 0.1) is 5.41 Å². The summed E-state index contributed by atoms with van der Waals surface area (Å²) >= 11 is 1.70. The van der Waals surface area contributed by atoms with Crippen LogP contribution in [0.1, 0.15) is 12.8 Å². The molecule has 2 fully saturated rings. The van der Waals surface area contributed by atoms with Crippen LogP contribution in [0.4, 0.5) is 5.13 Å². The third-order valence-electron chi connectivity index (χ3n) is 4.23. The van der Waals surface area contributed by atoms with Crippen LogP contribution in [-0.2, 0) is 4.79 Å². The molecule has 0 radical (unpaired) electrons. The maximum atomic E-state index is 12.1. The minimum Gasteiger partial charge on any atom is -0.347 e. The number of carbonyl (C=O) groups excluding carboxylic acids is 1. The fourth-order valence-electron chi connectivity index (χ4n) is 3.19. The SMILES string of the molecule is C=C1CC2(CCN(c3nc4ccccc4s3)C2)C(=O)N1. The summed E-state index contributed by atoms with van der Waals surface area (Å²) in [6, 6.07) is 8.16. The number of nitrogens with one attached hydrogen (secondary N) is 1. The molecule has 2 aliphatic rings. The summed E-state index contributed by atoms with van der Waals surface area (Å²) < 4.78 is 1.20. The van der Waals surface area contributed by atoms with Gasteiger partial charge in [-0.15, -0.1) is 0 Å². The van der Waals surface area contributed by atoms with Crippen molar-refractivity contribution in [2.45, 2.75) is 12.8 Å². The van der Waals surface area contributed by atoms with Gasteiger partial charge in [0.05, 0.1) is 15.6 Å². The van der Waals surface area contributed by atoms with Crippen LogP contribution in [0.25, 0.3) is 10.2 Å². The molecule has 1 N–H and O–H groups in total. The number of hydrogen-bond acceptors (Lipinski definition) is 4. The van der Waals surface area contributed by atoms with E-state index in [0.717, 1.165) is 42.3 Å². The summed E-state index contributed by atoms with van der Waals surface area (Å²) in [5.74, 6) is 0.131. The van der Waals surface area contributed by atoms with Gasteiger partial charge >= 0.3 is 0 Å². The monoisotopic (exact) mass is 285 g/mol. The zero-order chi connectivity index (χ0) is 13.7. The Kier molecular flexibility index (Phi) is 2.41. The summed E-state index contributed by atoms with van der Waals surface area (Å²) in [4.78, 5) is 19.1. The van der Waals surface area contributed by atoms with Crippen molar-refractivity contribution in [3.63, 3.8) is 0 Å². The van der Waals surface area contributed by atoms with E-state index in [2.05, 4.69) is 27.8 Å². The van der Waals surface area contributed by atoms with Gasteiger partial charge in [-0.1, -0.05) is 30.0 Å². The van der Waals surface area contributed by atoms with Crippen LogP contribution in [0.3, 0.4) is 0 Å². The van der Waals surface area contributed by atoms with Gasteiger partial charge in [0, 0.05) is 25.2 Å². The van der Waals surface area contributed by atoms with Crippen molar-refractivity contribution < 1.29 is 4.79 Å². The number of aromatic nitrogens is 1. The second-order valence-electron chi connectivity index (χ2n) is 5.65. The summed E-state index contributed by atoms with van der Waals surface area (Å²) in [6.45, 7) is 5.53. The number of hydrogen-bond donors (Lipinski definition) is 1. The van der Waals surface area contributed by atoms with Crippen LogP contribution >= 0.6 is 11.3 Å². The van der Waals surface area contributed by atoms with Crippen LogP contribution in [0.5, 0.6) is 0 Å². The Morgan fingerprint density at radius 1 is 1.40 bits per heavy atom. The molecule has 20 heavy (non-hydrogen) atoms. The van der Waals surface area contributed by atoms with Crippen LogP contribution < -0.4 is 10.2 Å². The molecule has 4 rings (SSSR count). The maximum absolute atomic E-state index is 12.1. The molecule has 2 aliphatic heterocycles. The van der Waals surface area contributed by atoms with Crippen LogP contribution in [0.15, 0.2) is 36.5 Å². The van der Waals surface area contributed by atoms with Crippen molar-refractivity contribution in [1.82, 2.24) is 10.3 Å². The number of fused-ring (bicyclic) bond motifs is 1. The zero-order valence-electron chi connectivity index (χ0n) is 11.1. The van der Waals surface area contributed by atoms with Crippen LogP contribution in [-0.4, -0.2) is 24.0 Å². The molecule has 1 unspecified atom stereocenters. The number of allylic oxidation sites excluding steroid dienone is 1. The highest BCUT2D eigenvalue weighted by Crippen LogP contribution is 2.43. The average molecular weight is 285 g/mol. The standard InChI is InChI=1S/C15H15N3OS/c1-10-8-15(13(19)16-10)6-7-18(9-15)14-17-11-4-2-3-5-12(11)20-14/h2-5H,1,6-9H2,(H,16,19). The Bertz CT molecular complexity index is 690. The lowest BCUT2D eigenvalue weighted by Gasteiger charge is -2.20. The van der Waals surface area contributed by atoms with E-state index in [1.165, 1.54) is 4.70 Å². The van der Waals surface area contributed by atoms with Gasteiger partial charge in [-0.2, -0.15) is 0 Å². The van der Waals surface area contributed by atoms with E-state index in [9.17, 15) is 4.79 Å². The Hall–Kier alpha value is -1.88. The summed E-state index contributed by atoms with van der Waals surface area (Å²) in [6.07, 6.45) is 1.64. The molecule has 1 spiro atoms. The number of para-hydroxylation sites is 1. The largest absolute Gasteiger partial charge is 0.347 e. The van der Waals surface area contributed by atoms with Gasteiger partial charge in [0.1, 0.15) is 0 Å². The van der Waals surface area contributed by atoms with E-state index < -0.39 is 0 Å². The van der Waals surface area contributed by atoms with Gasteiger partial charge in [0.25, 0.3) is 0 Å². The number of anilines is 1. The van der Waals surface area contributed by atoms with Crippen molar-refractivity contribution in [2.75, 3.05) is 18.0 Å². The normalized spacial score (nSPS) is 25.9. The Balaban J connectivity index is 1.65. The molecule has 4 nitrogen and oxygen atoms in total. The van der Waals surface area contributed by atoms with Gasteiger partial charge in [0.15, 0.2) is 5.13 Å². The van der Waals surface area contributed by atoms with Gasteiger partial charge in [0.2, 0.25) is 5.91 Å². The van der Waals surface area contributed by atoms with E-state index in [1.807, 2.05) is 18.2 Å². The topological polar surface area (TPSA) is 45.2 Å². The lowest BCUT2D eigenvalue weighted by molar-refractivity contribution is -0.126. The lowest BCUT2D eigenvalue weighted by atomic mass is 9.85. The molecule has 1 amide bonds. The highest BCUT2D eigenvalue weighted by Gasteiger charge is 2.49. The number of amides is 1. The van der Waals surface area contributed by atoms with E-state index in [4.69, 9.17) is 0 Å². The van der Waals surface area contributed by atoms with Gasteiger partial charge < -0.3 is 10.2 Å². The second-order valence-corrected chi connectivity index (χ2v) is 6.66. The summed E-state index contributed by atoms with van der Waals surface area (Å²) in [5.41, 5.74) is 1.60. The smallest absolute Gasteiger partial charge is 0.232 e. The molecule has 102 valence electrons. The predicted octanol–water partition coefficient (Wildman–Crippen LogP) is 2.53. The first-order valence-corrected chi connectivity index (χ1v) is 7.58. The molecule has 1 atom stereocenters. The molecule has 2 saturated heterocycles. The maximum Gasteiger partial charge on any atom is 0.232 e. The lowest BCUT2D eigenvalue weighted by Crippen LogP contribution is -2.34. The first-order chi connectivity index (χ1) is 9.66. The minimum absolute atomic E-state index is 0.131. The molecule has 0 saturated carbocycles. The predicted molar refractivity (Wildman–Crippen MR) is 80.8 cm³/mol. The van der Waals surface area contributed by atoms with Crippen molar-refractivity contribution in [3.8, 4) is 0 Å². The fourth-order valence-corrected chi connectivity index (χ4v) is 4.18. The zero-order valence-corrected chi connectivity index (χ0v) is 11.9. The third kappa shape index (κ3) is 1.66. The van der Waals surface area contributed by atoms with Gasteiger partial charge in [-0.25, -0.2) is 4.98 Å². The van der Waals surface area contributed by atoms with Gasteiger partial charge in [-0.3, -0.25) is 4.79 Å². The summed E-state index contributed by atoms with van der Waals surface area (Å²) in [5, 5.41) is 3.89. The average Bonchev–Trinajstić information content (AvgIpc) is 3.08. The highest BCUT2D eigenvalue weighted by atomic mass is 32.1. The van der Waals surface area contributed by atoms with Crippen molar-refractivity contribution in [2.24, 2.45) is 5.41 Å². The van der Waals surface area contributed by atoms with E-state index in [0.29, 0.717) is 0 Å². The van der Waals surface area contributed by atoms with Crippen molar-refractivity contribution in [1.29, 1.82) is 0 Å². The number of nitrogens with zero attached hydrogens (tertiary/aromatic N) is 2. The van der Waals surface area contributed by atoms with E-state index in [1.54, 1.807) is 11.3 Å². The quantitative estimate of drug-likeness (QED) is 0.875. The minimum atomic E-state index is -0.283. The molecule has 5 heteroatoms. The number of carbonyl (C=O) groups is 1. The van der Waals surface area contributed by atoms with Crippen molar-refractivity contribution in [3.05, 3.63) is 36.5 Å². The third-order valence-corrected chi connectivity index (χ3v) is 5.33. The second kappa shape index (κ2) is 4.06. The number of benzene rings is 1. The molecule has 2 aromatic rings.